The van der Waals surface area contributed by atoms with Crippen LogP contribution >= 0.6 is 0 Å². The summed E-state index contributed by atoms with van der Waals surface area (Å²) in [6.45, 7) is 2.66. The van der Waals surface area contributed by atoms with Gasteiger partial charge in [0.05, 0.1) is 36.3 Å². The van der Waals surface area contributed by atoms with Crippen molar-refractivity contribution in [1.82, 2.24) is 16.0 Å². The van der Waals surface area contributed by atoms with Crippen LogP contribution in [0.15, 0.2) is 24.3 Å². The molecule has 0 radical (unpaired) electrons. The van der Waals surface area contributed by atoms with Crippen molar-refractivity contribution in [3.8, 4) is 0 Å². The number of aliphatic hydroxyl groups is 1. The lowest BCUT2D eigenvalue weighted by Gasteiger charge is -2.34. The number of hydrogen-bond acceptors (Lipinski definition) is 4. The van der Waals surface area contributed by atoms with Gasteiger partial charge in [-0.15, -0.1) is 0 Å². The van der Waals surface area contributed by atoms with E-state index in [1.54, 1.807) is 6.92 Å². The van der Waals surface area contributed by atoms with E-state index in [4.69, 9.17) is 0 Å². The predicted molar refractivity (Wildman–Crippen MR) is 83.2 cm³/mol. The first-order valence-corrected chi connectivity index (χ1v) is 7.71. The SMILES string of the molecule is CC1NC(=O)CC(C(=O)N[C@@](C)(CO)c2ccc(C(F)(F)F)cc2)N1. The van der Waals surface area contributed by atoms with E-state index < -0.39 is 35.8 Å². The topological polar surface area (TPSA) is 90.5 Å². The number of carbonyl (C=O) groups is 2. The molecule has 0 spiro atoms. The minimum absolute atomic E-state index is 0.0648. The summed E-state index contributed by atoms with van der Waals surface area (Å²) in [6, 6.07) is 3.42. The highest BCUT2D eigenvalue weighted by molar-refractivity contribution is 5.90. The third-order valence-electron chi connectivity index (χ3n) is 4.10. The van der Waals surface area contributed by atoms with E-state index in [0.717, 1.165) is 12.1 Å². The van der Waals surface area contributed by atoms with Crippen molar-refractivity contribution in [2.24, 2.45) is 0 Å². The van der Waals surface area contributed by atoms with E-state index >= 15 is 0 Å². The molecule has 25 heavy (non-hydrogen) atoms. The van der Waals surface area contributed by atoms with Crippen LogP contribution in [0.1, 0.15) is 31.4 Å². The molecular weight excluding hydrogens is 339 g/mol. The molecule has 1 fully saturated rings. The molecule has 1 aliphatic rings. The van der Waals surface area contributed by atoms with Crippen molar-refractivity contribution < 1.29 is 27.9 Å². The maximum absolute atomic E-state index is 12.7. The number of hydrogen-bond donors (Lipinski definition) is 4. The standard InChI is InChI=1S/C16H20F3N3O3/c1-9-20-12(7-13(24)21-9)14(25)22-15(2,8-23)10-3-5-11(6-4-10)16(17,18)19/h3-6,9,12,20,23H,7-8H2,1-2H3,(H,21,24)(H,22,25)/t9?,12?,15-/m0/s1. The predicted octanol–water partition coefficient (Wildman–Crippen LogP) is 0.853. The van der Waals surface area contributed by atoms with Gasteiger partial charge in [-0.05, 0) is 31.5 Å². The Balaban J connectivity index is 2.16. The summed E-state index contributed by atoms with van der Waals surface area (Å²) < 4.78 is 38.0. The minimum Gasteiger partial charge on any atom is -0.394 e. The van der Waals surface area contributed by atoms with Gasteiger partial charge in [0.25, 0.3) is 0 Å². The number of benzene rings is 1. The number of carbonyl (C=O) groups excluding carboxylic acids is 2. The summed E-state index contributed by atoms with van der Waals surface area (Å²) in [6.07, 6.45) is -4.92. The molecule has 9 heteroatoms. The van der Waals surface area contributed by atoms with Gasteiger partial charge in [0.1, 0.15) is 0 Å². The van der Waals surface area contributed by atoms with Gasteiger partial charge < -0.3 is 15.7 Å². The molecule has 2 rings (SSSR count). The maximum atomic E-state index is 12.7. The molecule has 0 bridgehead atoms. The lowest BCUT2D eigenvalue weighted by molar-refractivity contribution is -0.137. The number of aliphatic hydroxyl groups excluding tert-OH is 1. The molecule has 3 atom stereocenters. The van der Waals surface area contributed by atoms with Crippen molar-refractivity contribution in [3.05, 3.63) is 35.4 Å². The van der Waals surface area contributed by atoms with E-state index in [-0.39, 0.29) is 18.5 Å². The zero-order chi connectivity index (χ0) is 18.8. The van der Waals surface area contributed by atoms with Crippen molar-refractivity contribution in [2.45, 2.75) is 44.2 Å². The first-order chi connectivity index (χ1) is 11.5. The van der Waals surface area contributed by atoms with Gasteiger partial charge in [0, 0.05) is 0 Å². The highest BCUT2D eigenvalue weighted by Gasteiger charge is 2.35. The lowest BCUT2D eigenvalue weighted by Crippen LogP contribution is -2.61. The molecule has 2 amide bonds. The highest BCUT2D eigenvalue weighted by Crippen LogP contribution is 2.31. The fraction of sp³-hybridized carbons (Fsp3) is 0.500. The molecular formula is C16H20F3N3O3. The van der Waals surface area contributed by atoms with Crippen LogP contribution in [0, 0.1) is 0 Å². The summed E-state index contributed by atoms with van der Waals surface area (Å²) >= 11 is 0. The molecule has 1 saturated heterocycles. The summed E-state index contributed by atoms with van der Waals surface area (Å²) in [4.78, 5) is 24.0. The molecule has 2 unspecified atom stereocenters. The first kappa shape index (κ1) is 19.2. The Bertz CT molecular complexity index is 648. The van der Waals surface area contributed by atoms with Crippen LogP contribution in [-0.4, -0.2) is 35.7 Å². The number of halogens is 3. The summed E-state index contributed by atoms with van der Waals surface area (Å²) in [5, 5.41) is 17.8. The Morgan fingerprint density at radius 1 is 1.28 bits per heavy atom. The number of amides is 2. The van der Waals surface area contributed by atoms with Crippen LogP contribution in [-0.2, 0) is 21.3 Å². The largest absolute Gasteiger partial charge is 0.416 e. The van der Waals surface area contributed by atoms with E-state index in [1.165, 1.54) is 19.1 Å². The van der Waals surface area contributed by atoms with Crippen molar-refractivity contribution in [3.63, 3.8) is 0 Å². The lowest BCUT2D eigenvalue weighted by atomic mass is 9.91. The molecule has 1 aromatic rings. The minimum atomic E-state index is -4.47. The zero-order valence-electron chi connectivity index (χ0n) is 13.8. The van der Waals surface area contributed by atoms with Gasteiger partial charge in [-0.25, -0.2) is 0 Å². The van der Waals surface area contributed by atoms with Crippen LogP contribution in [0.3, 0.4) is 0 Å². The fourth-order valence-electron chi connectivity index (χ4n) is 2.65. The zero-order valence-corrected chi connectivity index (χ0v) is 13.8. The van der Waals surface area contributed by atoms with E-state index in [2.05, 4.69) is 16.0 Å². The van der Waals surface area contributed by atoms with Gasteiger partial charge in [0.2, 0.25) is 11.8 Å². The van der Waals surface area contributed by atoms with E-state index in [1.807, 2.05) is 0 Å². The Morgan fingerprint density at radius 2 is 1.84 bits per heavy atom. The van der Waals surface area contributed by atoms with Crippen molar-refractivity contribution in [1.29, 1.82) is 0 Å². The molecule has 0 saturated carbocycles. The van der Waals surface area contributed by atoms with Crippen LogP contribution in [0.25, 0.3) is 0 Å². The van der Waals surface area contributed by atoms with Gasteiger partial charge in [-0.2, -0.15) is 13.2 Å². The smallest absolute Gasteiger partial charge is 0.394 e. The maximum Gasteiger partial charge on any atom is 0.416 e. The third kappa shape index (κ3) is 4.49. The first-order valence-electron chi connectivity index (χ1n) is 7.71. The average Bonchev–Trinajstić information content (AvgIpc) is 2.53. The molecule has 0 aliphatic carbocycles. The Kier molecular flexibility index (Phi) is 5.38. The highest BCUT2D eigenvalue weighted by atomic mass is 19.4. The second-order valence-corrected chi connectivity index (χ2v) is 6.27. The van der Waals surface area contributed by atoms with Crippen LogP contribution in [0.2, 0.25) is 0 Å². The summed E-state index contributed by atoms with van der Waals surface area (Å²) in [5.74, 6) is -0.801. The molecule has 1 aromatic carbocycles. The number of rotatable bonds is 4. The summed E-state index contributed by atoms with van der Waals surface area (Å²) in [5.41, 5.74) is -1.77. The van der Waals surface area contributed by atoms with E-state index in [9.17, 15) is 27.9 Å². The van der Waals surface area contributed by atoms with Crippen LogP contribution in [0.4, 0.5) is 13.2 Å². The van der Waals surface area contributed by atoms with E-state index in [0.29, 0.717) is 5.56 Å². The van der Waals surface area contributed by atoms with Crippen LogP contribution in [0.5, 0.6) is 0 Å². The normalized spacial score (nSPS) is 23.5. The molecule has 1 heterocycles. The molecule has 1 aliphatic heterocycles. The molecule has 138 valence electrons. The van der Waals surface area contributed by atoms with Crippen molar-refractivity contribution >= 4 is 11.8 Å². The average molecular weight is 359 g/mol. The third-order valence-corrected chi connectivity index (χ3v) is 4.10. The van der Waals surface area contributed by atoms with Crippen molar-refractivity contribution in [2.75, 3.05) is 6.61 Å². The quantitative estimate of drug-likeness (QED) is 0.642. The Labute approximate surface area is 142 Å². The molecule has 4 N–H and O–H groups in total. The molecule has 6 nitrogen and oxygen atoms in total. The second-order valence-electron chi connectivity index (χ2n) is 6.27. The Morgan fingerprint density at radius 3 is 2.32 bits per heavy atom. The Hall–Kier alpha value is -2.13. The second kappa shape index (κ2) is 7.01. The van der Waals surface area contributed by atoms with Crippen LogP contribution < -0.4 is 16.0 Å². The monoisotopic (exact) mass is 359 g/mol. The summed E-state index contributed by atoms with van der Waals surface area (Å²) in [7, 11) is 0. The van der Waals surface area contributed by atoms with Gasteiger partial charge in [-0.1, -0.05) is 12.1 Å². The number of nitrogens with one attached hydrogen (secondary N) is 3. The van der Waals surface area contributed by atoms with Gasteiger partial charge in [-0.3, -0.25) is 14.9 Å². The fourth-order valence-corrected chi connectivity index (χ4v) is 2.65. The number of alkyl halides is 3. The van der Waals surface area contributed by atoms with Gasteiger partial charge >= 0.3 is 6.18 Å². The molecule has 0 aromatic heterocycles. The van der Waals surface area contributed by atoms with Gasteiger partial charge in [0.15, 0.2) is 0 Å².